The Kier molecular flexibility index (Phi) is 6.01. The van der Waals surface area contributed by atoms with Gasteiger partial charge in [0.25, 0.3) is 0 Å². The molecule has 1 amide bonds. The number of amides is 1. The second-order valence-electron chi connectivity index (χ2n) is 7.40. The first-order chi connectivity index (χ1) is 15.1. The highest BCUT2D eigenvalue weighted by atomic mass is 16.5. The van der Waals surface area contributed by atoms with Gasteiger partial charge in [0.2, 0.25) is 5.91 Å². The lowest BCUT2D eigenvalue weighted by Crippen LogP contribution is -2.38. The average molecular weight is 422 g/mol. The lowest BCUT2D eigenvalue weighted by Gasteiger charge is -2.32. The fourth-order valence-corrected chi connectivity index (χ4v) is 3.78. The van der Waals surface area contributed by atoms with Gasteiger partial charge in [0, 0.05) is 43.5 Å². The number of ether oxygens (including phenoxy) is 2. The molecule has 0 unspecified atom stereocenters. The number of carbonyl (C=O) groups is 1. The second-order valence-corrected chi connectivity index (χ2v) is 7.40. The molecule has 1 aliphatic rings. The van der Waals surface area contributed by atoms with Crippen molar-refractivity contribution in [2.24, 2.45) is 5.92 Å². The number of nitrogens with one attached hydrogen (secondary N) is 1. The van der Waals surface area contributed by atoms with E-state index in [-0.39, 0.29) is 11.8 Å². The van der Waals surface area contributed by atoms with E-state index in [2.05, 4.69) is 25.2 Å². The molecule has 0 aliphatic carbocycles. The number of anilines is 2. The van der Waals surface area contributed by atoms with E-state index in [4.69, 9.17) is 9.47 Å². The Morgan fingerprint density at radius 1 is 1.06 bits per heavy atom. The first kappa shape index (κ1) is 20.6. The summed E-state index contributed by atoms with van der Waals surface area (Å²) in [6, 6.07) is 7.31. The van der Waals surface area contributed by atoms with Crippen LogP contribution >= 0.6 is 0 Å². The molecule has 0 bridgehead atoms. The molecule has 4 rings (SSSR count). The summed E-state index contributed by atoms with van der Waals surface area (Å²) in [5, 5.41) is 3.00. The van der Waals surface area contributed by atoms with Crippen LogP contribution in [0.1, 0.15) is 18.7 Å². The van der Waals surface area contributed by atoms with Crippen molar-refractivity contribution < 1.29 is 14.3 Å². The zero-order valence-corrected chi connectivity index (χ0v) is 17.9. The molecular formula is C22H26N6O3. The van der Waals surface area contributed by atoms with Crippen molar-refractivity contribution in [3.63, 3.8) is 0 Å². The van der Waals surface area contributed by atoms with Gasteiger partial charge in [-0.15, -0.1) is 0 Å². The van der Waals surface area contributed by atoms with Crippen molar-refractivity contribution in [3.8, 4) is 17.3 Å². The van der Waals surface area contributed by atoms with Gasteiger partial charge >= 0.3 is 0 Å². The number of hydrogen-bond donors (Lipinski definition) is 1. The van der Waals surface area contributed by atoms with E-state index in [1.165, 1.54) is 0 Å². The predicted molar refractivity (Wildman–Crippen MR) is 117 cm³/mol. The molecule has 3 heterocycles. The molecule has 0 radical (unpaired) electrons. The molecule has 31 heavy (non-hydrogen) atoms. The molecule has 1 aliphatic heterocycles. The van der Waals surface area contributed by atoms with E-state index in [0.29, 0.717) is 17.2 Å². The first-order valence-corrected chi connectivity index (χ1v) is 10.2. The van der Waals surface area contributed by atoms with E-state index in [1.807, 2.05) is 23.8 Å². The predicted octanol–water partition coefficient (Wildman–Crippen LogP) is 2.84. The summed E-state index contributed by atoms with van der Waals surface area (Å²) < 4.78 is 12.5. The summed E-state index contributed by atoms with van der Waals surface area (Å²) in [4.78, 5) is 28.1. The van der Waals surface area contributed by atoms with Gasteiger partial charge in [-0.1, -0.05) is 0 Å². The molecule has 1 fully saturated rings. The molecule has 0 spiro atoms. The fraction of sp³-hybridized carbons (Fsp3) is 0.364. The van der Waals surface area contributed by atoms with Crippen LogP contribution in [-0.2, 0) is 4.79 Å². The summed E-state index contributed by atoms with van der Waals surface area (Å²) in [7, 11) is 3.17. The zero-order valence-electron chi connectivity index (χ0n) is 17.9. The van der Waals surface area contributed by atoms with Crippen molar-refractivity contribution >= 4 is 17.4 Å². The van der Waals surface area contributed by atoms with Gasteiger partial charge in [0.1, 0.15) is 35.3 Å². The van der Waals surface area contributed by atoms with Crippen LogP contribution in [0.5, 0.6) is 11.5 Å². The summed E-state index contributed by atoms with van der Waals surface area (Å²) in [6.07, 6.45) is 6.67. The standard InChI is InChI=1S/C22H26N6O3/c1-15-23-8-11-28(15)21-13-20(24-14-25-21)27-9-6-16(7-10-27)22(29)26-18-12-17(30-2)4-5-19(18)31-3/h4-5,8,11-14,16H,6-7,9-10H2,1-3H3,(H,26,29). The molecule has 9 heteroatoms. The van der Waals surface area contributed by atoms with Crippen LogP contribution in [0.3, 0.4) is 0 Å². The van der Waals surface area contributed by atoms with Gasteiger partial charge in [-0.05, 0) is 31.9 Å². The Balaban J connectivity index is 1.40. The number of rotatable bonds is 6. The van der Waals surface area contributed by atoms with Crippen LogP contribution in [-0.4, -0.2) is 52.7 Å². The molecule has 162 valence electrons. The number of benzene rings is 1. The second kappa shape index (κ2) is 9.03. The van der Waals surface area contributed by atoms with Crippen LogP contribution in [0, 0.1) is 12.8 Å². The van der Waals surface area contributed by atoms with Crippen LogP contribution < -0.4 is 19.7 Å². The maximum atomic E-state index is 12.9. The number of piperidine rings is 1. The highest BCUT2D eigenvalue weighted by Gasteiger charge is 2.26. The number of imidazole rings is 1. The number of methoxy groups -OCH3 is 2. The smallest absolute Gasteiger partial charge is 0.227 e. The van der Waals surface area contributed by atoms with Crippen LogP contribution in [0.4, 0.5) is 11.5 Å². The Labute approximate surface area is 181 Å². The lowest BCUT2D eigenvalue weighted by atomic mass is 9.95. The topological polar surface area (TPSA) is 94.4 Å². The largest absolute Gasteiger partial charge is 0.497 e. The highest BCUT2D eigenvalue weighted by molar-refractivity contribution is 5.94. The lowest BCUT2D eigenvalue weighted by molar-refractivity contribution is -0.120. The maximum absolute atomic E-state index is 12.9. The van der Waals surface area contributed by atoms with Crippen molar-refractivity contribution in [2.75, 3.05) is 37.5 Å². The normalized spacial score (nSPS) is 14.4. The summed E-state index contributed by atoms with van der Waals surface area (Å²) in [6.45, 7) is 3.42. The molecule has 1 saturated heterocycles. The van der Waals surface area contributed by atoms with Gasteiger partial charge in [0.05, 0.1) is 19.9 Å². The van der Waals surface area contributed by atoms with Gasteiger partial charge < -0.3 is 19.7 Å². The fourth-order valence-electron chi connectivity index (χ4n) is 3.78. The van der Waals surface area contributed by atoms with E-state index in [1.54, 1.807) is 44.9 Å². The van der Waals surface area contributed by atoms with Crippen molar-refractivity contribution in [3.05, 3.63) is 48.8 Å². The van der Waals surface area contributed by atoms with Crippen molar-refractivity contribution in [2.45, 2.75) is 19.8 Å². The number of hydrogen-bond acceptors (Lipinski definition) is 7. The third-order valence-electron chi connectivity index (χ3n) is 5.57. The summed E-state index contributed by atoms with van der Waals surface area (Å²) >= 11 is 0. The Morgan fingerprint density at radius 2 is 1.84 bits per heavy atom. The van der Waals surface area contributed by atoms with Crippen LogP contribution in [0.2, 0.25) is 0 Å². The average Bonchev–Trinajstić information content (AvgIpc) is 3.25. The molecule has 1 aromatic carbocycles. The minimum absolute atomic E-state index is 0.0105. The molecule has 0 saturated carbocycles. The van der Waals surface area contributed by atoms with Gasteiger partial charge in [-0.2, -0.15) is 0 Å². The quantitative estimate of drug-likeness (QED) is 0.653. The third-order valence-corrected chi connectivity index (χ3v) is 5.57. The molecule has 0 atom stereocenters. The van der Waals surface area contributed by atoms with Crippen LogP contribution in [0.15, 0.2) is 43.0 Å². The highest BCUT2D eigenvalue weighted by Crippen LogP contribution is 2.30. The number of aromatic nitrogens is 4. The number of aryl methyl sites for hydroxylation is 1. The number of nitrogens with zero attached hydrogens (tertiary/aromatic N) is 5. The molecule has 1 N–H and O–H groups in total. The van der Waals surface area contributed by atoms with Crippen molar-refractivity contribution in [1.29, 1.82) is 0 Å². The molecule has 2 aromatic heterocycles. The Hall–Kier alpha value is -3.62. The number of carbonyl (C=O) groups excluding carboxylic acids is 1. The molecular weight excluding hydrogens is 396 g/mol. The first-order valence-electron chi connectivity index (χ1n) is 10.2. The van der Waals surface area contributed by atoms with Gasteiger partial charge in [-0.3, -0.25) is 9.36 Å². The summed E-state index contributed by atoms with van der Waals surface area (Å²) in [5.74, 6) is 3.69. The third kappa shape index (κ3) is 4.45. The Morgan fingerprint density at radius 3 is 2.52 bits per heavy atom. The summed E-state index contributed by atoms with van der Waals surface area (Å²) in [5.41, 5.74) is 0.616. The van der Waals surface area contributed by atoms with E-state index >= 15 is 0 Å². The van der Waals surface area contributed by atoms with Crippen LogP contribution in [0.25, 0.3) is 5.82 Å². The minimum atomic E-state index is -0.0793. The van der Waals surface area contributed by atoms with E-state index in [0.717, 1.165) is 43.4 Å². The van der Waals surface area contributed by atoms with Crippen molar-refractivity contribution in [1.82, 2.24) is 19.5 Å². The zero-order chi connectivity index (χ0) is 21.8. The minimum Gasteiger partial charge on any atom is -0.497 e. The molecule has 9 nitrogen and oxygen atoms in total. The molecule has 3 aromatic rings. The Bertz CT molecular complexity index is 1060. The maximum Gasteiger partial charge on any atom is 0.227 e. The van der Waals surface area contributed by atoms with Gasteiger partial charge in [-0.25, -0.2) is 15.0 Å². The monoisotopic (exact) mass is 422 g/mol. The van der Waals surface area contributed by atoms with E-state index in [9.17, 15) is 4.79 Å². The van der Waals surface area contributed by atoms with Gasteiger partial charge in [0.15, 0.2) is 0 Å². The SMILES string of the molecule is COc1ccc(OC)c(NC(=O)C2CCN(c3cc(-n4ccnc4C)ncn3)CC2)c1. The van der Waals surface area contributed by atoms with E-state index < -0.39 is 0 Å².